The van der Waals surface area contributed by atoms with E-state index in [0.29, 0.717) is 5.56 Å². The minimum Gasteiger partial charge on any atom is -0.508 e. The summed E-state index contributed by atoms with van der Waals surface area (Å²) < 4.78 is 13.1. The van der Waals surface area contributed by atoms with Crippen LogP contribution in [0, 0.1) is 12.7 Å². The van der Waals surface area contributed by atoms with Crippen LogP contribution in [0.4, 0.5) is 4.39 Å². The molecule has 2 atom stereocenters. The van der Waals surface area contributed by atoms with Gasteiger partial charge in [0.25, 0.3) is 0 Å². The van der Waals surface area contributed by atoms with Crippen molar-refractivity contribution in [3.05, 3.63) is 65.0 Å². The molecule has 0 aliphatic heterocycles. The lowest BCUT2D eigenvalue weighted by molar-refractivity contribution is 0.136. The van der Waals surface area contributed by atoms with E-state index < -0.39 is 6.10 Å². The molecule has 0 saturated heterocycles. The van der Waals surface area contributed by atoms with Crippen LogP contribution in [0.15, 0.2) is 42.5 Å². The minimum absolute atomic E-state index is 0.135. The topological polar surface area (TPSA) is 52.5 Å². The van der Waals surface area contributed by atoms with Crippen LogP contribution in [0.2, 0.25) is 0 Å². The summed E-state index contributed by atoms with van der Waals surface area (Å²) in [4.78, 5) is 0. The summed E-state index contributed by atoms with van der Waals surface area (Å²) in [7, 11) is 0. The zero-order valence-corrected chi connectivity index (χ0v) is 13.6. The lowest BCUT2D eigenvalue weighted by Crippen LogP contribution is -2.33. The van der Waals surface area contributed by atoms with E-state index in [0.717, 1.165) is 30.5 Å². The number of aliphatic hydroxyl groups is 1. The first kappa shape index (κ1) is 17.4. The number of benzene rings is 2. The number of halogens is 1. The summed E-state index contributed by atoms with van der Waals surface area (Å²) in [5.74, 6) is -0.0155. The second kappa shape index (κ2) is 8.09. The molecule has 2 unspecified atom stereocenters. The van der Waals surface area contributed by atoms with Crippen LogP contribution >= 0.6 is 0 Å². The van der Waals surface area contributed by atoms with Gasteiger partial charge in [-0.1, -0.05) is 24.3 Å². The molecule has 0 spiro atoms. The third-order valence-corrected chi connectivity index (χ3v) is 4.05. The third-order valence-electron chi connectivity index (χ3n) is 4.05. The van der Waals surface area contributed by atoms with Crippen molar-refractivity contribution in [2.24, 2.45) is 0 Å². The fourth-order valence-electron chi connectivity index (χ4n) is 2.53. The highest BCUT2D eigenvalue weighted by Crippen LogP contribution is 2.24. The molecule has 0 aromatic heterocycles. The van der Waals surface area contributed by atoms with E-state index in [2.05, 4.69) is 5.32 Å². The monoisotopic (exact) mass is 317 g/mol. The van der Waals surface area contributed by atoms with E-state index in [1.54, 1.807) is 24.3 Å². The third kappa shape index (κ3) is 5.05. The molecule has 0 fully saturated rings. The minimum atomic E-state index is -0.685. The molecule has 3 N–H and O–H groups in total. The first-order valence-electron chi connectivity index (χ1n) is 7.93. The maximum atomic E-state index is 13.1. The molecular formula is C19H24FNO2. The molecule has 0 saturated carbocycles. The number of aromatic hydroxyl groups is 1. The predicted octanol–water partition coefficient (Wildman–Crippen LogP) is 3.48. The van der Waals surface area contributed by atoms with Crippen molar-refractivity contribution in [2.75, 3.05) is 6.54 Å². The van der Waals surface area contributed by atoms with Gasteiger partial charge in [0.05, 0.1) is 6.10 Å². The fourth-order valence-corrected chi connectivity index (χ4v) is 2.53. The molecule has 0 aliphatic carbocycles. The van der Waals surface area contributed by atoms with Crippen LogP contribution in [-0.2, 0) is 6.42 Å². The highest BCUT2D eigenvalue weighted by Gasteiger charge is 2.16. The van der Waals surface area contributed by atoms with E-state index in [-0.39, 0.29) is 17.6 Å². The SMILES string of the molecule is Cc1ccc(C(O)C(C)NCCCc2cccc(F)c2)cc1O. The van der Waals surface area contributed by atoms with Crippen LogP contribution in [0.5, 0.6) is 5.75 Å². The quantitative estimate of drug-likeness (QED) is 0.685. The van der Waals surface area contributed by atoms with E-state index >= 15 is 0 Å². The van der Waals surface area contributed by atoms with Gasteiger partial charge in [-0.05, 0) is 68.1 Å². The first-order chi connectivity index (χ1) is 11.0. The number of hydrogen-bond acceptors (Lipinski definition) is 3. The Labute approximate surface area is 136 Å². The average Bonchev–Trinajstić information content (AvgIpc) is 2.53. The molecule has 0 aliphatic rings. The fraction of sp³-hybridized carbons (Fsp3) is 0.368. The summed E-state index contributed by atoms with van der Waals surface area (Å²) in [5.41, 5.74) is 2.46. The Hall–Kier alpha value is -1.91. The Morgan fingerprint density at radius 2 is 1.96 bits per heavy atom. The highest BCUT2D eigenvalue weighted by molar-refractivity contribution is 5.36. The van der Waals surface area contributed by atoms with Crippen LogP contribution in [0.1, 0.15) is 36.1 Å². The Morgan fingerprint density at radius 1 is 1.17 bits per heavy atom. The van der Waals surface area contributed by atoms with Gasteiger partial charge in [-0.25, -0.2) is 4.39 Å². The summed E-state index contributed by atoms with van der Waals surface area (Å²) in [6.07, 6.45) is 0.967. The summed E-state index contributed by atoms with van der Waals surface area (Å²) in [6, 6.07) is 11.7. The first-order valence-corrected chi connectivity index (χ1v) is 7.93. The molecule has 2 aromatic rings. The number of phenolic OH excluding ortho intramolecular Hbond substituents is 1. The number of aliphatic hydroxyl groups excluding tert-OH is 1. The van der Waals surface area contributed by atoms with Gasteiger partial charge in [-0.2, -0.15) is 0 Å². The molecule has 0 radical (unpaired) electrons. The number of aryl methyl sites for hydroxylation is 2. The second-order valence-electron chi connectivity index (χ2n) is 5.97. The highest BCUT2D eigenvalue weighted by atomic mass is 19.1. The summed E-state index contributed by atoms with van der Waals surface area (Å²) >= 11 is 0. The van der Waals surface area contributed by atoms with E-state index in [1.807, 2.05) is 26.0 Å². The molecule has 0 amide bonds. The smallest absolute Gasteiger partial charge is 0.123 e. The van der Waals surface area contributed by atoms with Crippen molar-refractivity contribution in [2.45, 2.75) is 38.8 Å². The molecule has 0 bridgehead atoms. The number of phenols is 1. The normalized spacial score (nSPS) is 13.7. The molecule has 3 nitrogen and oxygen atoms in total. The molecule has 0 heterocycles. The number of nitrogens with one attached hydrogen (secondary N) is 1. The lowest BCUT2D eigenvalue weighted by Gasteiger charge is -2.21. The van der Waals surface area contributed by atoms with Crippen molar-refractivity contribution in [3.8, 4) is 5.75 Å². The van der Waals surface area contributed by atoms with E-state index in [1.165, 1.54) is 6.07 Å². The molecular weight excluding hydrogens is 293 g/mol. The summed E-state index contributed by atoms with van der Waals surface area (Å²) in [6.45, 7) is 4.45. The van der Waals surface area contributed by atoms with E-state index in [9.17, 15) is 14.6 Å². The van der Waals surface area contributed by atoms with Crippen LogP contribution in [0.3, 0.4) is 0 Å². The van der Waals surface area contributed by atoms with Gasteiger partial charge < -0.3 is 15.5 Å². The maximum absolute atomic E-state index is 13.1. The molecule has 2 rings (SSSR count). The maximum Gasteiger partial charge on any atom is 0.123 e. The van der Waals surface area contributed by atoms with Gasteiger partial charge in [0.1, 0.15) is 11.6 Å². The standard InChI is InChI=1S/C19H24FNO2/c1-13-8-9-16(12-18(13)22)19(23)14(2)21-10-4-6-15-5-3-7-17(20)11-15/h3,5,7-9,11-12,14,19,21-23H,4,6,10H2,1-2H3. The molecule has 2 aromatic carbocycles. The Morgan fingerprint density at radius 3 is 2.65 bits per heavy atom. The van der Waals surface area contributed by atoms with Crippen molar-refractivity contribution in [1.29, 1.82) is 0 Å². The van der Waals surface area contributed by atoms with Crippen LogP contribution in [0.25, 0.3) is 0 Å². The lowest BCUT2D eigenvalue weighted by atomic mass is 10.0. The Kier molecular flexibility index (Phi) is 6.13. The van der Waals surface area contributed by atoms with Crippen LogP contribution in [-0.4, -0.2) is 22.8 Å². The predicted molar refractivity (Wildman–Crippen MR) is 90.0 cm³/mol. The summed E-state index contributed by atoms with van der Waals surface area (Å²) in [5, 5.41) is 23.3. The zero-order valence-electron chi connectivity index (χ0n) is 13.6. The molecule has 23 heavy (non-hydrogen) atoms. The average molecular weight is 317 g/mol. The van der Waals surface area contributed by atoms with Crippen LogP contribution < -0.4 is 5.32 Å². The molecule has 4 heteroatoms. The van der Waals surface area contributed by atoms with Gasteiger partial charge >= 0.3 is 0 Å². The van der Waals surface area contributed by atoms with Gasteiger partial charge in [0.15, 0.2) is 0 Å². The van der Waals surface area contributed by atoms with Gasteiger partial charge in [0.2, 0.25) is 0 Å². The second-order valence-corrected chi connectivity index (χ2v) is 5.97. The van der Waals surface area contributed by atoms with Gasteiger partial charge in [-0.15, -0.1) is 0 Å². The van der Waals surface area contributed by atoms with Gasteiger partial charge in [0, 0.05) is 6.04 Å². The number of hydrogen-bond donors (Lipinski definition) is 3. The van der Waals surface area contributed by atoms with Crippen molar-refractivity contribution in [1.82, 2.24) is 5.32 Å². The van der Waals surface area contributed by atoms with Crippen molar-refractivity contribution >= 4 is 0 Å². The Bertz CT molecular complexity index is 645. The van der Waals surface area contributed by atoms with E-state index in [4.69, 9.17) is 0 Å². The molecule has 124 valence electrons. The zero-order chi connectivity index (χ0) is 16.8. The Balaban J connectivity index is 1.79. The van der Waals surface area contributed by atoms with Gasteiger partial charge in [-0.3, -0.25) is 0 Å². The van der Waals surface area contributed by atoms with Crippen molar-refractivity contribution < 1.29 is 14.6 Å². The largest absolute Gasteiger partial charge is 0.508 e. The van der Waals surface area contributed by atoms with Crippen molar-refractivity contribution in [3.63, 3.8) is 0 Å². The number of rotatable bonds is 7.